The number of benzene rings is 2. The predicted octanol–water partition coefficient (Wildman–Crippen LogP) is 4.40. The summed E-state index contributed by atoms with van der Waals surface area (Å²) < 4.78 is 24.6. The van der Waals surface area contributed by atoms with Crippen LogP contribution in [0.4, 0.5) is 0 Å². The zero-order valence-electron chi connectivity index (χ0n) is 12.0. The largest absolute Gasteiger partial charge is 0.228 e. The monoisotopic (exact) mass is 322 g/mol. The average molecular weight is 323 g/mol. The van der Waals surface area contributed by atoms with Crippen molar-refractivity contribution in [2.45, 2.75) is 36.8 Å². The van der Waals surface area contributed by atoms with E-state index in [4.69, 9.17) is 11.6 Å². The highest BCUT2D eigenvalue weighted by molar-refractivity contribution is 7.92. The van der Waals surface area contributed by atoms with Gasteiger partial charge in [-0.25, -0.2) is 8.42 Å². The number of hydrogen-bond acceptors (Lipinski definition) is 2. The van der Waals surface area contributed by atoms with Gasteiger partial charge in [-0.1, -0.05) is 42.8 Å². The molecule has 0 aliphatic carbocycles. The van der Waals surface area contributed by atoms with Crippen LogP contribution in [0.25, 0.3) is 10.8 Å². The summed E-state index contributed by atoms with van der Waals surface area (Å²) >= 11 is 6.62. The molecule has 2 atom stereocenters. The Hall–Kier alpha value is -1.06. The zero-order valence-corrected chi connectivity index (χ0v) is 13.6. The van der Waals surface area contributed by atoms with E-state index < -0.39 is 20.5 Å². The first-order chi connectivity index (χ1) is 10.0. The highest BCUT2D eigenvalue weighted by Crippen LogP contribution is 2.38. The lowest BCUT2D eigenvalue weighted by Gasteiger charge is -2.27. The number of fused-ring (bicyclic) bond motifs is 1. The maximum Gasteiger partial charge on any atom is 0.154 e. The molecule has 2 unspecified atom stereocenters. The second-order valence-corrected chi connectivity index (χ2v) is 8.63. The first kappa shape index (κ1) is 14.9. The number of sulfone groups is 1. The Morgan fingerprint density at radius 3 is 2.52 bits per heavy atom. The van der Waals surface area contributed by atoms with E-state index in [0.717, 1.165) is 29.2 Å². The van der Waals surface area contributed by atoms with Gasteiger partial charge in [-0.3, -0.25) is 0 Å². The summed E-state index contributed by atoms with van der Waals surface area (Å²) in [5.74, 6) is 0.269. The topological polar surface area (TPSA) is 34.1 Å². The molecular weight excluding hydrogens is 304 g/mol. The quantitative estimate of drug-likeness (QED) is 0.768. The van der Waals surface area contributed by atoms with Crippen molar-refractivity contribution in [3.05, 3.63) is 47.5 Å². The Labute approximate surface area is 131 Å². The van der Waals surface area contributed by atoms with Gasteiger partial charge in [0.1, 0.15) is 0 Å². The molecule has 0 spiro atoms. The summed E-state index contributed by atoms with van der Waals surface area (Å²) in [4.78, 5) is 0. The number of rotatable bonds is 2. The second kappa shape index (κ2) is 5.62. The van der Waals surface area contributed by atoms with Crippen molar-refractivity contribution in [2.24, 2.45) is 0 Å². The van der Waals surface area contributed by atoms with Crippen LogP contribution in [0.15, 0.2) is 36.4 Å². The lowest BCUT2D eigenvalue weighted by Crippen LogP contribution is -2.32. The Kier molecular flexibility index (Phi) is 3.98. The van der Waals surface area contributed by atoms with Crippen molar-refractivity contribution in [2.75, 3.05) is 5.75 Å². The molecule has 0 radical (unpaired) electrons. The summed E-state index contributed by atoms with van der Waals surface area (Å²) in [6, 6.07) is 12.1. The van der Waals surface area contributed by atoms with E-state index in [1.165, 1.54) is 5.56 Å². The van der Waals surface area contributed by atoms with Gasteiger partial charge in [0.25, 0.3) is 0 Å². The number of halogens is 1. The molecule has 0 aromatic heterocycles. The molecule has 0 bridgehead atoms. The van der Waals surface area contributed by atoms with Crippen LogP contribution in [-0.4, -0.2) is 19.4 Å². The SMILES string of the molecule is Cc1ccc(C(Cl)C2CCCCS2(=O)=O)c2ccccc12. The predicted molar refractivity (Wildman–Crippen MR) is 88.7 cm³/mol. The van der Waals surface area contributed by atoms with Crippen molar-refractivity contribution >= 4 is 32.2 Å². The minimum absolute atomic E-state index is 0.269. The van der Waals surface area contributed by atoms with E-state index in [9.17, 15) is 8.42 Å². The highest BCUT2D eigenvalue weighted by Gasteiger charge is 2.35. The molecule has 21 heavy (non-hydrogen) atoms. The van der Waals surface area contributed by atoms with Gasteiger partial charge in [-0.15, -0.1) is 11.6 Å². The normalized spacial score (nSPS) is 23.0. The van der Waals surface area contributed by atoms with Gasteiger partial charge in [0.2, 0.25) is 0 Å². The van der Waals surface area contributed by atoms with E-state index in [0.29, 0.717) is 6.42 Å². The van der Waals surface area contributed by atoms with Crippen molar-refractivity contribution in [3.8, 4) is 0 Å². The van der Waals surface area contributed by atoms with Gasteiger partial charge >= 0.3 is 0 Å². The van der Waals surface area contributed by atoms with Gasteiger partial charge in [0, 0.05) is 0 Å². The lowest BCUT2D eigenvalue weighted by atomic mass is 9.96. The molecule has 1 saturated heterocycles. The molecule has 112 valence electrons. The number of hydrogen-bond donors (Lipinski definition) is 0. The fourth-order valence-electron chi connectivity index (χ4n) is 3.22. The van der Waals surface area contributed by atoms with Crippen LogP contribution < -0.4 is 0 Å². The van der Waals surface area contributed by atoms with Crippen molar-refractivity contribution < 1.29 is 8.42 Å². The zero-order chi connectivity index (χ0) is 15.0. The van der Waals surface area contributed by atoms with Crippen LogP contribution >= 0.6 is 11.6 Å². The van der Waals surface area contributed by atoms with E-state index in [1.807, 2.05) is 30.3 Å². The molecule has 2 nitrogen and oxygen atoms in total. The first-order valence-electron chi connectivity index (χ1n) is 7.34. The number of aryl methyl sites for hydroxylation is 1. The van der Waals surface area contributed by atoms with E-state index in [2.05, 4.69) is 13.0 Å². The lowest BCUT2D eigenvalue weighted by molar-refractivity contribution is 0.534. The van der Waals surface area contributed by atoms with Crippen LogP contribution in [0, 0.1) is 6.92 Å². The van der Waals surface area contributed by atoms with Crippen LogP contribution in [-0.2, 0) is 9.84 Å². The Balaban J connectivity index is 2.10. The molecule has 3 rings (SSSR count). The first-order valence-corrected chi connectivity index (χ1v) is 9.50. The van der Waals surface area contributed by atoms with Gasteiger partial charge in [-0.2, -0.15) is 0 Å². The third-order valence-electron chi connectivity index (χ3n) is 4.43. The molecule has 1 aliphatic rings. The molecule has 0 amide bonds. The molecule has 0 N–H and O–H groups in total. The van der Waals surface area contributed by atoms with Crippen molar-refractivity contribution in [1.82, 2.24) is 0 Å². The van der Waals surface area contributed by atoms with Crippen LogP contribution in [0.1, 0.15) is 35.8 Å². The van der Waals surface area contributed by atoms with Crippen LogP contribution in [0.3, 0.4) is 0 Å². The van der Waals surface area contributed by atoms with Crippen molar-refractivity contribution in [3.63, 3.8) is 0 Å². The standard InChI is InChI=1S/C17H19ClO2S/c1-12-9-10-15(14-7-3-2-6-13(12)14)17(18)16-8-4-5-11-21(16,19)20/h2-3,6-7,9-10,16-17H,4-5,8,11H2,1H3. The second-order valence-electron chi connectivity index (χ2n) is 5.82. The van der Waals surface area contributed by atoms with E-state index in [-0.39, 0.29) is 5.75 Å². The Morgan fingerprint density at radius 2 is 1.81 bits per heavy atom. The Bertz CT molecular complexity index is 767. The smallest absolute Gasteiger partial charge is 0.154 e. The van der Waals surface area contributed by atoms with Gasteiger partial charge in [0.15, 0.2) is 9.84 Å². The maximum absolute atomic E-state index is 12.3. The van der Waals surface area contributed by atoms with Crippen molar-refractivity contribution in [1.29, 1.82) is 0 Å². The summed E-state index contributed by atoms with van der Waals surface area (Å²) in [7, 11) is -3.08. The van der Waals surface area contributed by atoms with Gasteiger partial charge < -0.3 is 0 Å². The fraction of sp³-hybridized carbons (Fsp3) is 0.412. The minimum atomic E-state index is -3.08. The summed E-state index contributed by atoms with van der Waals surface area (Å²) in [6.07, 6.45) is 2.37. The van der Waals surface area contributed by atoms with E-state index >= 15 is 0 Å². The molecular formula is C17H19ClO2S. The highest BCUT2D eigenvalue weighted by atomic mass is 35.5. The van der Waals surface area contributed by atoms with Crippen LogP contribution in [0.2, 0.25) is 0 Å². The van der Waals surface area contributed by atoms with Crippen LogP contribution in [0.5, 0.6) is 0 Å². The third kappa shape index (κ3) is 2.69. The minimum Gasteiger partial charge on any atom is -0.228 e. The summed E-state index contributed by atoms with van der Waals surface area (Å²) in [6.45, 7) is 2.06. The molecule has 0 saturated carbocycles. The maximum atomic E-state index is 12.3. The molecule has 1 heterocycles. The number of alkyl halides is 1. The molecule has 1 aliphatic heterocycles. The molecule has 4 heteroatoms. The molecule has 2 aromatic rings. The fourth-order valence-corrected chi connectivity index (χ4v) is 5.95. The Morgan fingerprint density at radius 1 is 1.10 bits per heavy atom. The molecule has 2 aromatic carbocycles. The molecule has 1 fully saturated rings. The van der Waals surface area contributed by atoms with Gasteiger partial charge in [-0.05, 0) is 41.7 Å². The summed E-state index contributed by atoms with van der Waals surface area (Å²) in [5, 5.41) is 1.28. The van der Waals surface area contributed by atoms with E-state index in [1.54, 1.807) is 0 Å². The van der Waals surface area contributed by atoms with Gasteiger partial charge in [0.05, 0.1) is 16.4 Å². The average Bonchev–Trinajstić information content (AvgIpc) is 2.47. The summed E-state index contributed by atoms with van der Waals surface area (Å²) in [5.41, 5.74) is 2.12. The third-order valence-corrected chi connectivity index (χ3v) is 7.40.